The molecule has 21 heavy (non-hydrogen) atoms. The maximum atomic E-state index is 13.0. The van der Waals surface area contributed by atoms with Gasteiger partial charge in [-0.15, -0.1) is 0 Å². The Morgan fingerprint density at radius 3 is 2.48 bits per heavy atom. The summed E-state index contributed by atoms with van der Waals surface area (Å²) in [6.45, 7) is 1.04. The van der Waals surface area contributed by atoms with Gasteiger partial charge in [-0.05, 0) is 48.7 Å². The van der Waals surface area contributed by atoms with Gasteiger partial charge in [-0.1, -0.05) is 18.2 Å². The molecule has 0 saturated heterocycles. The number of benzene rings is 2. The van der Waals surface area contributed by atoms with Crippen molar-refractivity contribution < 1.29 is 13.9 Å². The molecule has 3 nitrogen and oxygen atoms in total. The molecule has 4 heteroatoms. The standard InChI is InChI=1S/C17H20FNO2/c1-20-16-7-5-13(6-8-16)14(12-19)9-10-21-17-4-2-3-15(18)11-17/h2-8,11,14H,9-10,12,19H2,1H3. The summed E-state index contributed by atoms with van der Waals surface area (Å²) in [4.78, 5) is 0. The lowest BCUT2D eigenvalue weighted by Crippen LogP contribution is -2.15. The molecule has 0 heterocycles. The first kappa shape index (κ1) is 15.3. The van der Waals surface area contributed by atoms with Gasteiger partial charge in [0, 0.05) is 6.07 Å². The topological polar surface area (TPSA) is 44.5 Å². The summed E-state index contributed by atoms with van der Waals surface area (Å²) in [5, 5.41) is 0. The van der Waals surface area contributed by atoms with E-state index in [4.69, 9.17) is 15.2 Å². The highest BCUT2D eigenvalue weighted by Gasteiger charge is 2.10. The van der Waals surface area contributed by atoms with Gasteiger partial charge in [0.25, 0.3) is 0 Å². The SMILES string of the molecule is COc1ccc(C(CN)CCOc2cccc(F)c2)cc1. The average molecular weight is 289 g/mol. The van der Waals surface area contributed by atoms with E-state index in [1.165, 1.54) is 12.1 Å². The molecule has 0 fully saturated rings. The van der Waals surface area contributed by atoms with Gasteiger partial charge in [-0.25, -0.2) is 4.39 Å². The zero-order chi connectivity index (χ0) is 15.1. The van der Waals surface area contributed by atoms with Gasteiger partial charge in [-0.3, -0.25) is 0 Å². The van der Waals surface area contributed by atoms with E-state index in [-0.39, 0.29) is 11.7 Å². The third-order valence-corrected chi connectivity index (χ3v) is 3.40. The third kappa shape index (κ3) is 4.46. The number of methoxy groups -OCH3 is 1. The molecule has 0 saturated carbocycles. The molecule has 2 N–H and O–H groups in total. The highest BCUT2D eigenvalue weighted by molar-refractivity contribution is 5.29. The highest BCUT2D eigenvalue weighted by atomic mass is 19.1. The molecule has 0 amide bonds. The van der Waals surface area contributed by atoms with E-state index in [0.717, 1.165) is 17.7 Å². The smallest absolute Gasteiger partial charge is 0.126 e. The third-order valence-electron chi connectivity index (χ3n) is 3.40. The van der Waals surface area contributed by atoms with E-state index < -0.39 is 0 Å². The van der Waals surface area contributed by atoms with Gasteiger partial charge in [0.15, 0.2) is 0 Å². The van der Waals surface area contributed by atoms with Crippen LogP contribution in [0.3, 0.4) is 0 Å². The maximum absolute atomic E-state index is 13.0. The van der Waals surface area contributed by atoms with Crippen LogP contribution in [-0.4, -0.2) is 20.3 Å². The van der Waals surface area contributed by atoms with E-state index in [2.05, 4.69) is 0 Å². The van der Waals surface area contributed by atoms with Crippen LogP contribution in [-0.2, 0) is 0 Å². The number of hydrogen-bond donors (Lipinski definition) is 1. The van der Waals surface area contributed by atoms with E-state index in [1.807, 2.05) is 24.3 Å². The zero-order valence-corrected chi connectivity index (χ0v) is 12.1. The van der Waals surface area contributed by atoms with E-state index in [0.29, 0.717) is 18.9 Å². The summed E-state index contributed by atoms with van der Waals surface area (Å²) in [6.07, 6.45) is 0.777. The Balaban J connectivity index is 1.90. The summed E-state index contributed by atoms with van der Waals surface area (Å²) < 4.78 is 23.8. The molecule has 0 aromatic heterocycles. The Bertz CT molecular complexity index is 557. The molecule has 2 aromatic rings. The van der Waals surface area contributed by atoms with E-state index >= 15 is 0 Å². The zero-order valence-electron chi connectivity index (χ0n) is 12.1. The normalized spacial score (nSPS) is 12.0. The molecule has 1 unspecified atom stereocenters. The van der Waals surface area contributed by atoms with Crippen molar-refractivity contribution in [2.24, 2.45) is 5.73 Å². The lowest BCUT2D eigenvalue weighted by atomic mass is 9.96. The second-order valence-corrected chi connectivity index (χ2v) is 4.80. The molecule has 2 rings (SSSR count). The van der Waals surface area contributed by atoms with Crippen molar-refractivity contribution in [3.63, 3.8) is 0 Å². The number of rotatable bonds is 7. The minimum absolute atomic E-state index is 0.212. The first-order valence-corrected chi connectivity index (χ1v) is 6.95. The predicted octanol–water partition coefficient (Wildman–Crippen LogP) is 3.35. The van der Waals surface area contributed by atoms with Crippen LogP contribution in [0.1, 0.15) is 17.9 Å². The van der Waals surface area contributed by atoms with Crippen LogP contribution in [0, 0.1) is 5.82 Å². The number of hydrogen-bond acceptors (Lipinski definition) is 3. The molecule has 0 aliphatic carbocycles. The van der Waals surface area contributed by atoms with Gasteiger partial charge in [0.05, 0.1) is 13.7 Å². The van der Waals surface area contributed by atoms with Crippen molar-refractivity contribution in [2.45, 2.75) is 12.3 Å². The molecular weight excluding hydrogens is 269 g/mol. The number of halogens is 1. The first-order chi connectivity index (χ1) is 10.2. The maximum Gasteiger partial charge on any atom is 0.126 e. The fraction of sp³-hybridized carbons (Fsp3) is 0.294. The largest absolute Gasteiger partial charge is 0.497 e. The lowest BCUT2D eigenvalue weighted by Gasteiger charge is -2.16. The molecular formula is C17H20FNO2. The Morgan fingerprint density at radius 2 is 1.86 bits per heavy atom. The second-order valence-electron chi connectivity index (χ2n) is 4.80. The van der Waals surface area contributed by atoms with Gasteiger partial charge in [0.2, 0.25) is 0 Å². The molecule has 2 aromatic carbocycles. The van der Waals surface area contributed by atoms with Crippen molar-refractivity contribution in [1.82, 2.24) is 0 Å². The van der Waals surface area contributed by atoms with Crippen LogP contribution in [0.5, 0.6) is 11.5 Å². The van der Waals surface area contributed by atoms with Crippen LogP contribution in [0.25, 0.3) is 0 Å². The Hall–Kier alpha value is -2.07. The van der Waals surface area contributed by atoms with Crippen molar-refractivity contribution in [2.75, 3.05) is 20.3 Å². The molecule has 112 valence electrons. The first-order valence-electron chi connectivity index (χ1n) is 6.95. The van der Waals surface area contributed by atoms with Crippen LogP contribution < -0.4 is 15.2 Å². The van der Waals surface area contributed by atoms with Gasteiger partial charge in [0.1, 0.15) is 17.3 Å². The summed E-state index contributed by atoms with van der Waals surface area (Å²) >= 11 is 0. The van der Waals surface area contributed by atoms with Gasteiger partial charge in [-0.2, -0.15) is 0 Å². The van der Waals surface area contributed by atoms with E-state index in [1.54, 1.807) is 19.2 Å². The molecule has 0 aliphatic heterocycles. The van der Waals surface area contributed by atoms with Crippen LogP contribution >= 0.6 is 0 Å². The van der Waals surface area contributed by atoms with Gasteiger partial charge >= 0.3 is 0 Å². The summed E-state index contributed by atoms with van der Waals surface area (Å²) in [5.41, 5.74) is 6.99. The molecule has 0 spiro atoms. The number of ether oxygens (including phenoxy) is 2. The predicted molar refractivity (Wildman–Crippen MR) is 81.3 cm³/mol. The van der Waals surface area contributed by atoms with Crippen LogP contribution in [0.4, 0.5) is 4.39 Å². The summed E-state index contributed by atoms with van der Waals surface area (Å²) in [7, 11) is 1.64. The van der Waals surface area contributed by atoms with Crippen molar-refractivity contribution in [3.05, 3.63) is 59.9 Å². The lowest BCUT2D eigenvalue weighted by molar-refractivity contribution is 0.297. The Morgan fingerprint density at radius 1 is 1.10 bits per heavy atom. The molecule has 0 bridgehead atoms. The summed E-state index contributed by atoms with van der Waals surface area (Å²) in [5.74, 6) is 1.29. The second kappa shape index (κ2) is 7.64. The van der Waals surface area contributed by atoms with Crippen LogP contribution in [0.2, 0.25) is 0 Å². The molecule has 0 aliphatic rings. The minimum Gasteiger partial charge on any atom is -0.497 e. The van der Waals surface area contributed by atoms with Crippen LogP contribution in [0.15, 0.2) is 48.5 Å². The van der Waals surface area contributed by atoms with Gasteiger partial charge < -0.3 is 15.2 Å². The van der Waals surface area contributed by atoms with Crippen molar-refractivity contribution >= 4 is 0 Å². The molecule has 0 radical (unpaired) electrons. The highest BCUT2D eigenvalue weighted by Crippen LogP contribution is 2.22. The summed E-state index contributed by atoms with van der Waals surface area (Å²) in [6, 6.07) is 14.0. The van der Waals surface area contributed by atoms with E-state index in [9.17, 15) is 4.39 Å². The monoisotopic (exact) mass is 289 g/mol. The van der Waals surface area contributed by atoms with Crippen molar-refractivity contribution in [3.8, 4) is 11.5 Å². The molecule has 1 atom stereocenters. The average Bonchev–Trinajstić information content (AvgIpc) is 2.52. The fourth-order valence-corrected chi connectivity index (χ4v) is 2.17. The number of nitrogens with two attached hydrogens (primary N) is 1. The van der Waals surface area contributed by atoms with Crippen molar-refractivity contribution in [1.29, 1.82) is 0 Å². The Labute approximate surface area is 124 Å². The fourth-order valence-electron chi connectivity index (χ4n) is 2.17. The minimum atomic E-state index is -0.293. The Kier molecular flexibility index (Phi) is 5.58. The quantitative estimate of drug-likeness (QED) is 0.850.